The van der Waals surface area contributed by atoms with Gasteiger partial charge in [-0.2, -0.15) is 0 Å². The van der Waals surface area contributed by atoms with E-state index in [1.807, 2.05) is 42.2 Å². The summed E-state index contributed by atoms with van der Waals surface area (Å²) in [7, 11) is 0. The molecule has 0 radical (unpaired) electrons. The van der Waals surface area contributed by atoms with Crippen LogP contribution >= 0.6 is 0 Å². The van der Waals surface area contributed by atoms with E-state index >= 15 is 0 Å². The Bertz CT molecular complexity index is 843. The number of amides is 2. The molecule has 3 aliphatic rings. The number of carbonyl (C=O) groups excluding carboxylic acids is 2. The minimum absolute atomic E-state index is 0.0106. The predicted molar refractivity (Wildman–Crippen MR) is 129 cm³/mol. The number of fused-ring (bicyclic) bond motifs is 1. The van der Waals surface area contributed by atoms with Crippen molar-refractivity contribution in [2.24, 2.45) is 29.1 Å². The minimum Gasteiger partial charge on any atom is -0.484 e. The van der Waals surface area contributed by atoms with E-state index in [1.165, 1.54) is 0 Å². The van der Waals surface area contributed by atoms with Gasteiger partial charge in [0.2, 0.25) is 5.91 Å². The average molecular weight is 473 g/mol. The van der Waals surface area contributed by atoms with Gasteiger partial charge < -0.3 is 24.8 Å². The molecule has 2 saturated carbocycles. The van der Waals surface area contributed by atoms with E-state index in [2.05, 4.69) is 19.2 Å². The minimum atomic E-state index is -0.561. The number of hydrogen-bond acceptors (Lipinski definition) is 5. The quantitative estimate of drug-likeness (QED) is 0.665. The van der Waals surface area contributed by atoms with Crippen LogP contribution in [0.25, 0.3) is 0 Å². The van der Waals surface area contributed by atoms with E-state index in [-0.39, 0.29) is 53.5 Å². The molecule has 0 aromatic heterocycles. The zero-order valence-electron chi connectivity index (χ0n) is 20.7. The first kappa shape index (κ1) is 25.0. The first-order valence-electron chi connectivity index (χ1n) is 12.8. The molecule has 188 valence electrons. The number of aliphatic hydroxyl groups excluding tert-OH is 1. The van der Waals surface area contributed by atoms with E-state index < -0.39 is 6.10 Å². The Morgan fingerprint density at radius 1 is 1.21 bits per heavy atom. The third-order valence-corrected chi connectivity index (χ3v) is 8.70. The number of hydrogen-bond donors (Lipinski definition) is 2. The van der Waals surface area contributed by atoms with Crippen LogP contribution in [-0.2, 0) is 14.3 Å². The monoisotopic (exact) mass is 472 g/mol. The molecule has 7 heteroatoms. The highest BCUT2D eigenvalue weighted by Gasteiger charge is 2.54. The molecule has 3 fully saturated rings. The summed E-state index contributed by atoms with van der Waals surface area (Å²) in [4.78, 5) is 27.7. The number of benzene rings is 1. The molecule has 0 unspecified atom stereocenters. The second-order valence-corrected chi connectivity index (χ2v) is 10.8. The Hall–Kier alpha value is -2.12. The van der Waals surface area contributed by atoms with Gasteiger partial charge in [0.15, 0.2) is 6.61 Å². The van der Waals surface area contributed by atoms with Gasteiger partial charge in [-0.1, -0.05) is 39.0 Å². The van der Waals surface area contributed by atoms with Crippen LogP contribution in [-0.4, -0.2) is 66.9 Å². The van der Waals surface area contributed by atoms with Crippen molar-refractivity contribution in [1.29, 1.82) is 0 Å². The number of nitrogens with one attached hydrogen (secondary N) is 1. The number of morpholine rings is 1. The number of ether oxygens (including phenoxy) is 2. The van der Waals surface area contributed by atoms with Crippen LogP contribution in [0, 0.1) is 29.1 Å². The summed E-state index contributed by atoms with van der Waals surface area (Å²) in [6.07, 6.45) is 3.16. The molecule has 7 atom stereocenters. The maximum Gasteiger partial charge on any atom is 0.258 e. The SMILES string of the molecule is C[C@H]1[C@@H]2[C@@H](O)[C@H]([C@H](C)C(=O)N3CCOCC3)CC[C@@]2(C)CC[C@@H]1NC(=O)COc1ccccc1. The van der Waals surface area contributed by atoms with Crippen LogP contribution in [0.1, 0.15) is 46.5 Å². The summed E-state index contributed by atoms with van der Waals surface area (Å²) in [5.41, 5.74) is 0.0266. The van der Waals surface area contributed by atoms with Crippen LogP contribution in [0.5, 0.6) is 5.75 Å². The Morgan fingerprint density at radius 3 is 2.59 bits per heavy atom. The van der Waals surface area contributed by atoms with Crippen LogP contribution < -0.4 is 10.1 Å². The van der Waals surface area contributed by atoms with E-state index in [4.69, 9.17) is 9.47 Å². The van der Waals surface area contributed by atoms with Crippen molar-refractivity contribution in [2.75, 3.05) is 32.9 Å². The molecule has 34 heavy (non-hydrogen) atoms. The van der Waals surface area contributed by atoms with Gasteiger partial charge in [0.1, 0.15) is 5.75 Å². The molecule has 1 aliphatic heterocycles. The van der Waals surface area contributed by atoms with E-state index in [0.717, 1.165) is 25.7 Å². The van der Waals surface area contributed by atoms with Gasteiger partial charge >= 0.3 is 0 Å². The third kappa shape index (κ3) is 5.25. The van der Waals surface area contributed by atoms with E-state index in [1.54, 1.807) is 0 Å². The molecule has 2 aliphatic carbocycles. The lowest BCUT2D eigenvalue weighted by Crippen LogP contribution is -2.59. The molecule has 2 amide bonds. The van der Waals surface area contributed by atoms with Gasteiger partial charge in [-0.05, 0) is 61.0 Å². The highest BCUT2D eigenvalue weighted by molar-refractivity contribution is 5.79. The predicted octanol–water partition coefficient (Wildman–Crippen LogP) is 2.87. The molecule has 4 rings (SSSR count). The van der Waals surface area contributed by atoms with Crippen LogP contribution in [0.15, 0.2) is 30.3 Å². The molecule has 1 aromatic carbocycles. The summed E-state index contributed by atoms with van der Waals surface area (Å²) in [5, 5.41) is 14.8. The van der Waals surface area contributed by atoms with Crippen LogP contribution in [0.3, 0.4) is 0 Å². The van der Waals surface area contributed by atoms with Crippen LogP contribution in [0.2, 0.25) is 0 Å². The van der Waals surface area contributed by atoms with Crippen molar-refractivity contribution in [3.63, 3.8) is 0 Å². The van der Waals surface area contributed by atoms with Gasteiger partial charge in [0.25, 0.3) is 5.91 Å². The summed E-state index contributed by atoms with van der Waals surface area (Å²) in [6, 6.07) is 9.32. The van der Waals surface area contributed by atoms with Gasteiger partial charge in [-0.15, -0.1) is 0 Å². The summed E-state index contributed by atoms with van der Waals surface area (Å²) in [5.74, 6) is 0.532. The number of rotatable bonds is 6. The van der Waals surface area contributed by atoms with E-state index in [9.17, 15) is 14.7 Å². The summed E-state index contributed by atoms with van der Waals surface area (Å²) < 4.78 is 11.0. The number of carbonyl (C=O) groups is 2. The molecule has 2 N–H and O–H groups in total. The number of para-hydroxylation sites is 1. The zero-order chi connectivity index (χ0) is 24.3. The number of aliphatic hydroxyl groups is 1. The summed E-state index contributed by atoms with van der Waals surface area (Å²) in [6.45, 7) is 8.79. The molecule has 1 aromatic rings. The van der Waals surface area contributed by atoms with Gasteiger partial charge in [0, 0.05) is 25.0 Å². The summed E-state index contributed by atoms with van der Waals surface area (Å²) >= 11 is 0. The normalized spacial score (nSPS) is 34.6. The maximum absolute atomic E-state index is 13.2. The first-order valence-corrected chi connectivity index (χ1v) is 12.8. The van der Waals surface area contributed by atoms with Crippen molar-refractivity contribution in [3.8, 4) is 5.75 Å². The standard InChI is InChI=1S/C27H40N2O5/c1-18(26(32)29-13-15-33-16-14-29)21-9-11-27(3)12-10-22(19(2)24(27)25(21)31)28-23(30)17-34-20-7-5-4-6-8-20/h4-8,18-19,21-22,24-25,31H,9-17H2,1-3H3,(H,28,30)/t18-,19+,21-,22-,24+,25-,27-/m0/s1. The molecule has 1 heterocycles. The largest absolute Gasteiger partial charge is 0.484 e. The lowest BCUT2D eigenvalue weighted by molar-refractivity contribution is -0.154. The van der Waals surface area contributed by atoms with Crippen molar-refractivity contribution in [3.05, 3.63) is 30.3 Å². The van der Waals surface area contributed by atoms with Crippen molar-refractivity contribution in [1.82, 2.24) is 10.2 Å². The fourth-order valence-electron chi connectivity index (χ4n) is 6.67. The molecule has 0 bridgehead atoms. The molecular formula is C27H40N2O5. The molecular weight excluding hydrogens is 432 g/mol. The lowest BCUT2D eigenvalue weighted by Gasteiger charge is -2.56. The molecule has 7 nitrogen and oxygen atoms in total. The topological polar surface area (TPSA) is 88.1 Å². The highest BCUT2D eigenvalue weighted by Crippen LogP contribution is 2.55. The van der Waals surface area contributed by atoms with Crippen LogP contribution in [0.4, 0.5) is 0 Å². The fourth-order valence-corrected chi connectivity index (χ4v) is 6.67. The van der Waals surface area contributed by atoms with Crippen molar-refractivity contribution < 1.29 is 24.2 Å². The smallest absolute Gasteiger partial charge is 0.258 e. The highest BCUT2D eigenvalue weighted by atomic mass is 16.5. The van der Waals surface area contributed by atoms with Gasteiger partial charge in [0.05, 0.1) is 19.3 Å². The van der Waals surface area contributed by atoms with E-state index in [0.29, 0.717) is 32.1 Å². The van der Waals surface area contributed by atoms with Crippen molar-refractivity contribution in [2.45, 2.75) is 58.6 Å². The Kier molecular flexibility index (Phi) is 7.83. The van der Waals surface area contributed by atoms with Crippen molar-refractivity contribution >= 4 is 11.8 Å². The van der Waals surface area contributed by atoms with Gasteiger partial charge in [-0.25, -0.2) is 0 Å². The second-order valence-electron chi connectivity index (χ2n) is 10.8. The molecule has 1 saturated heterocycles. The number of nitrogens with zero attached hydrogens (tertiary/aromatic N) is 1. The second kappa shape index (κ2) is 10.6. The Morgan fingerprint density at radius 2 is 1.88 bits per heavy atom. The van der Waals surface area contributed by atoms with Gasteiger partial charge in [-0.3, -0.25) is 9.59 Å². The first-order chi connectivity index (χ1) is 16.3. The third-order valence-electron chi connectivity index (χ3n) is 8.70. The molecule has 0 spiro atoms. The maximum atomic E-state index is 13.2. The average Bonchev–Trinajstić information content (AvgIpc) is 2.85. The fraction of sp³-hybridized carbons (Fsp3) is 0.704. The Balaban J connectivity index is 1.39. The Labute approximate surface area is 203 Å². The zero-order valence-corrected chi connectivity index (χ0v) is 20.7. The lowest BCUT2D eigenvalue weighted by atomic mass is 9.51.